The van der Waals surface area contributed by atoms with Crippen LogP contribution in [-0.2, 0) is 6.42 Å². The molecule has 116 valence electrons. The van der Waals surface area contributed by atoms with Gasteiger partial charge in [0.15, 0.2) is 5.16 Å². The summed E-state index contributed by atoms with van der Waals surface area (Å²) >= 11 is 1.93. The summed E-state index contributed by atoms with van der Waals surface area (Å²) < 4.78 is 2.42. The summed E-state index contributed by atoms with van der Waals surface area (Å²) in [7, 11) is 0. The van der Waals surface area contributed by atoms with Gasteiger partial charge in [-0.2, -0.15) is 0 Å². The first-order valence-corrected chi connectivity index (χ1v) is 9.31. The summed E-state index contributed by atoms with van der Waals surface area (Å²) in [4.78, 5) is 0. The van der Waals surface area contributed by atoms with E-state index < -0.39 is 0 Å². The Morgan fingerprint density at radius 2 is 1.95 bits per heavy atom. The fraction of sp³-hybridized carbons (Fsp3) is 0.556. The van der Waals surface area contributed by atoms with Crippen molar-refractivity contribution in [1.82, 2.24) is 14.8 Å². The number of hydrogen-bond donors (Lipinski definition) is 0. The average Bonchev–Trinajstić information content (AvgIpc) is 3.28. The quantitative estimate of drug-likeness (QED) is 0.804. The number of hydrogen-bond acceptors (Lipinski definition) is 3. The van der Waals surface area contributed by atoms with E-state index >= 15 is 0 Å². The van der Waals surface area contributed by atoms with Crippen molar-refractivity contribution in [3.8, 4) is 0 Å². The first kappa shape index (κ1) is 14.3. The van der Waals surface area contributed by atoms with Crippen LogP contribution in [0.25, 0.3) is 0 Å². The summed E-state index contributed by atoms with van der Waals surface area (Å²) in [6, 6.07) is 9.56. The lowest BCUT2D eigenvalue weighted by Gasteiger charge is -2.24. The van der Waals surface area contributed by atoms with Gasteiger partial charge in [-0.15, -0.1) is 10.2 Å². The van der Waals surface area contributed by atoms with E-state index in [1.54, 1.807) is 0 Å². The topological polar surface area (TPSA) is 30.7 Å². The van der Waals surface area contributed by atoms with E-state index in [4.69, 9.17) is 0 Å². The largest absolute Gasteiger partial charge is 0.303 e. The van der Waals surface area contributed by atoms with Crippen molar-refractivity contribution in [2.45, 2.75) is 68.3 Å². The highest BCUT2D eigenvalue weighted by Crippen LogP contribution is 2.46. The molecular formula is C18H23N3S. The summed E-state index contributed by atoms with van der Waals surface area (Å²) in [5.74, 6) is 1.61. The first-order chi connectivity index (χ1) is 10.7. The Morgan fingerprint density at radius 1 is 1.14 bits per heavy atom. The molecule has 0 saturated heterocycles. The van der Waals surface area contributed by atoms with Crippen LogP contribution in [0.1, 0.15) is 73.7 Å². The minimum absolute atomic E-state index is 0.445. The van der Waals surface area contributed by atoms with E-state index in [9.17, 15) is 0 Å². The number of aryl methyl sites for hydroxylation is 1. The molecule has 1 aromatic carbocycles. The molecule has 22 heavy (non-hydrogen) atoms. The molecule has 0 unspecified atom stereocenters. The predicted molar refractivity (Wildman–Crippen MR) is 90.4 cm³/mol. The molecular weight excluding hydrogens is 290 g/mol. The summed E-state index contributed by atoms with van der Waals surface area (Å²) in [5.41, 5.74) is 3.03. The molecule has 0 radical (unpaired) electrons. The highest BCUT2D eigenvalue weighted by molar-refractivity contribution is 7.99. The van der Waals surface area contributed by atoms with Crippen LogP contribution in [0, 0.1) is 0 Å². The fourth-order valence-electron chi connectivity index (χ4n) is 3.40. The van der Waals surface area contributed by atoms with Crippen molar-refractivity contribution in [1.29, 1.82) is 0 Å². The predicted octanol–water partition coefficient (Wildman–Crippen LogP) is 4.91. The molecule has 1 saturated carbocycles. The van der Waals surface area contributed by atoms with Gasteiger partial charge in [0.2, 0.25) is 0 Å². The van der Waals surface area contributed by atoms with Gasteiger partial charge in [-0.05, 0) is 43.2 Å². The van der Waals surface area contributed by atoms with Crippen LogP contribution in [0.2, 0.25) is 0 Å². The van der Waals surface area contributed by atoms with Crippen LogP contribution in [0.3, 0.4) is 0 Å². The van der Waals surface area contributed by atoms with Gasteiger partial charge in [0, 0.05) is 17.2 Å². The molecule has 0 amide bonds. The standard InChI is InChI=1S/C18H23N3S/c1-12(2)17-19-20-18(21(17)14-10-11-14)22-16-9-5-7-13-6-3-4-8-15(13)16/h3-4,6,8,12,14,16H,5,7,9-11H2,1-2H3/t16-/m0/s1. The van der Waals surface area contributed by atoms with Gasteiger partial charge < -0.3 is 4.57 Å². The van der Waals surface area contributed by atoms with Crippen LogP contribution in [-0.4, -0.2) is 14.8 Å². The van der Waals surface area contributed by atoms with E-state index in [0.717, 1.165) is 11.0 Å². The molecule has 0 N–H and O–H groups in total. The molecule has 2 aromatic rings. The molecule has 1 heterocycles. The molecule has 4 rings (SSSR count). The molecule has 4 heteroatoms. The van der Waals surface area contributed by atoms with Crippen LogP contribution in [0.5, 0.6) is 0 Å². The van der Waals surface area contributed by atoms with E-state index in [2.05, 4.69) is 52.9 Å². The maximum Gasteiger partial charge on any atom is 0.192 e. The van der Waals surface area contributed by atoms with Crippen LogP contribution in [0.4, 0.5) is 0 Å². The first-order valence-electron chi connectivity index (χ1n) is 8.43. The number of nitrogens with zero attached hydrogens (tertiary/aromatic N) is 3. The third-order valence-corrected chi connectivity index (χ3v) is 5.94. The fourth-order valence-corrected chi connectivity index (χ4v) is 4.74. The van der Waals surface area contributed by atoms with Gasteiger partial charge >= 0.3 is 0 Å². The smallest absolute Gasteiger partial charge is 0.192 e. The Kier molecular flexibility index (Phi) is 3.73. The zero-order chi connectivity index (χ0) is 15.1. The molecule has 2 aliphatic rings. The van der Waals surface area contributed by atoms with Crippen molar-refractivity contribution < 1.29 is 0 Å². The van der Waals surface area contributed by atoms with Crippen molar-refractivity contribution in [2.75, 3.05) is 0 Å². The lowest BCUT2D eigenvalue weighted by Crippen LogP contribution is -2.09. The number of rotatable bonds is 4. The van der Waals surface area contributed by atoms with E-state index in [-0.39, 0.29) is 0 Å². The van der Waals surface area contributed by atoms with Crippen LogP contribution < -0.4 is 0 Å². The summed E-state index contributed by atoms with van der Waals surface area (Å²) in [6.45, 7) is 4.43. The molecule has 3 nitrogen and oxygen atoms in total. The number of thioether (sulfide) groups is 1. The van der Waals surface area contributed by atoms with Gasteiger partial charge in [0.1, 0.15) is 5.82 Å². The second-order valence-corrected chi connectivity index (χ2v) is 7.96. The molecule has 0 aliphatic heterocycles. The second kappa shape index (κ2) is 5.73. The van der Waals surface area contributed by atoms with Gasteiger partial charge in [-0.3, -0.25) is 0 Å². The normalized spacial score (nSPS) is 21.1. The SMILES string of the molecule is CC(C)c1nnc(S[C@H]2CCCc3ccccc32)n1C1CC1. The Balaban J connectivity index is 1.65. The third-order valence-electron chi connectivity index (χ3n) is 4.68. The number of benzene rings is 1. The van der Waals surface area contributed by atoms with E-state index in [1.807, 2.05) is 11.8 Å². The van der Waals surface area contributed by atoms with E-state index in [0.29, 0.717) is 17.2 Å². The van der Waals surface area contributed by atoms with Gasteiger partial charge in [0.05, 0.1) is 0 Å². The zero-order valence-corrected chi connectivity index (χ0v) is 14.1. The van der Waals surface area contributed by atoms with Gasteiger partial charge in [-0.25, -0.2) is 0 Å². The molecule has 2 aliphatic carbocycles. The van der Waals surface area contributed by atoms with Crippen molar-refractivity contribution in [3.63, 3.8) is 0 Å². The van der Waals surface area contributed by atoms with Crippen LogP contribution in [0.15, 0.2) is 29.4 Å². The van der Waals surface area contributed by atoms with Crippen molar-refractivity contribution in [2.24, 2.45) is 0 Å². The van der Waals surface area contributed by atoms with Crippen LogP contribution >= 0.6 is 11.8 Å². The lowest BCUT2D eigenvalue weighted by molar-refractivity contribution is 0.595. The zero-order valence-electron chi connectivity index (χ0n) is 13.3. The highest BCUT2D eigenvalue weighted by atomic mass is 32.2. The average molecular weight is 313 g/mol. The molecule has 0 spiro atoms. The summed E-state index contributed by atoms with van der Waals surface area (Å²) in [5, 5.41) is 10.7. The Morgan fingerprint density at radius 3 is 2.73 bits per heavy atom. The second-order valence-electron chi connectivity index (χ2n) is 6.79. The van der Waals surface area contributed by atoms with Gasteiger partial charge in [-0.1, -0.05) is 49.9 Å². The third kappa shape index (κ3) is 2.58. The molecule has 1 fully saturated rings. The maximum atomic E-state index is 4.54. The monoisotopic (exact) mass is 313 g/mol. The number of fused-ring (bicyclic) bond motifs is 1. The Hall–Kier alpha value is -1.29. The Labute approximate surface area is 136 Å². The minimum atomic E-state index is 0.445. The van der Waals surface area contributed by atoms with Crippen molar-refractivity contribution in [3.05, 3.63) is 41.2 Å². The molecule has 0 bridgehead atoms. The van der Waals surface area contributed by atoms with E-state index in [1.165, 1.54) is 43.2 Å². The minimum Gasteiger partial charge on any atom is -0.303 e. The maximum absolute atomic E-state index is 4.54. The van der Waals surface area contributed by atoms with Crippen molar-refractivity contribution >= 4 is 11.8 Å². The summed E-state index contributed by atoms with van der Waals surface area (Å²) in [6.07, 6.45) is 6.32. The highest BCUT2D eigenvalue weighted by Gasteiger charge is 2.32. The lowest BCUT2D eigenvalue weighted by atomic mass is 9.91. The molecule has 1 aromatic heterocycles. The number of aromatic nitrogens is 3. The molecule has 1 atom stereocenters. The Bertz CT molecular complexity index is 673. The van der Waals surface area contributed by atoms with Gasteiger partial charge in [0.25, 0.3) is 0 Å².